The van der Waals surface area contributed by atoms with Gasteiger partial charge in [-0.05, 0) is 36.8 Å². The first kappa shape index (κ1) is 12.6. The van der Waals surface area contributed by atoms with Crippen molar-refractivity contribution in [2.75, 3.05) is 6.54 Å². The van der Waals surface area contributed by atoms with Crippen LogP contribution < -0.4 is 10.6 Å². The molecule has 0 radical (unpaired) electrons. The van der Waals surface area contributed by atoms with Crippen LogP contribution >= 0.6 is 0 Å². The number of nitrogens with one attached hydrogen (secondary N) is 2. The van der Waals surface area contributed by atoms with E-state index in [2.05, 4.69) is 10.6 Å². The lowest BCUT2D eigenvalue weighted by atomic mass is 10.1. The van der Waals surface area contributed by atoms with Crippen LogP contribution in [0, 0.1) is 11.7 Å². The fraction of sp³-hybridized carbons (Fsp3) is 0.357. The summed E-state index contributed by atoms with van der Waals surface area (Å²) in [5.41, 5.74) is 0.617. The van der Waals surface area contributed by atoms with Crippen molar-refractivity contribution < 1.29 is 9.18 Å². The fourth-order valence-electron chi connectivity index (χ4n) is 1.61. The zero-order valence-electron chi connectivity index (χ0n) is 10.2. The Morgan fingerprint density at radius 1 is 1.39 bits per heavy atom. The van der Waals surface area contributed by atoms with Crippen molar-refractivity contribution in [2.45, 2.75) is 19.3 Å². The van der Waals surface area contributed by atoms with Gasteiger partial charge in [0.05, 0.1) is 0 Å². The Bertz CT molecular complexity index is 441. The molecule has 2 N–H and O–H groups in total. The first-order chi connectivity index (χ1) is 8.75. The van der Waals surface area contributed by atoms with Gasteiger partial charge in [0.25, 0.3) is 0 Å². The number of hydrogen-bond acceptors (Lipinski definition) is 1. The molecule has 2 rings (SSSR count). The number of rotatable bonds is 5. The summed E-state index contributed by atoms with van der Waals surface area (Å²) in [5.74, 6) is 0.414. The molecule has 1 aromatic carbocycles. The zero-order chi connectivity index (χ0) is 12.8. The smallest absolute Gasteiger partial charge is 0.318 e. The molecule has 2 amide bonds. The number of hydrogen-bond donors (Lipinski definition) is 2. The molecule has 0 spiro atoms. The first-order valence-corrected chi connectivity index (χ1v) is 6.20. The lowest BCUT2D eigenvalue weighted by Crippen LogP contribution is -2.33. The van der Waals surface area contributed by atoms with Gasteiger partial charge in [0.2, 0.25) is 0 Å². The van der Waals surface area contributed by atoms with E-state index >= 15 is 0 Å². The normalized spacial score (nSPS) is 14.7. The number of carbonyl (C=O) groups excluding carboxylic acids is 1. The van der Waals surface area contributed by atoms with E-state index in [9.17, 15) is 9.18 Å². The summed E-state index contributed by atoms with van der Waals surface area (Å²) in [6.07, 6.45) is 6.60. The topological polar surface area (TPSA) is 41.1 Å². The van der Waals surface area contributed by atoms with Crippen molar-refractivity contribution >= 4 is 6.03 Å². The van der Waals surface area contributed by atoms with Crippen LogP contribution in [-0.4, -0.2) is 12.6 Å². The maximum atomic E-state index is 13.3. The summed E-state index contributed by atoms with van der Waals surface area (Å²) in [4.78, 5) is 11.4. The Balaban J connectivity index is 1.65. The number of allylic oxidation sites excluding steroid dienone is 1. The van der Waals surface area contributed by atoms with Crippen LogP contribution in [0.15, 0.2) is 36.5 Å². The van der Waals surface area contributed by atoms with Crippen molar-refractivity contribution in [2.24, 2.45) is 5.92 Å². The number of benzene rings is 1. The van der Waals surface area contributed by atoms with Gasteiger partial charge >= 0.3 is 6.03 Å². The molecule has 0 saturated heterocycles. The highest BCUT2D eigenvalue weighted by molar-refractivity contribution is 5.74. The average molecular weight is 248 g/mol. The summed E-state index contributed by atoms with van der Waals surface area (Å²) in [6, 6.07) is 6.34. The van der Waals surface area contributed by atoms with Gasteiger partial charge in [0.15, 0.2) is 0 Å². The third-order valence-electron chi connectivity index (χ3n) is 2.84. The van der Waals surface area contributed by atoms with Gasteiger partial charge in [0.1, 0.15) is 5.82 Å². The van der Waals surface area contributed by atoms with Gasteiger partial charge in [-0.1, -0.05) is 24.3 Å². The molecule has 0 aromatic heterocycles. The van der Waals surface area contributed by atoms with Gasteiger partial charge < -0.3 is 10.6 Å². The molecule has 0 unspecified atom stereocenters. The highest BCUT2D eigenvalue weighted by atomic mass is 19.1. The Hall–Kier alpha value is -1.84. The van der Waals surface area contributed by atoms with Gasteiger partial charge in [-0.3, -0.25) is 0 Å². The lowest BCUT2D eigenvalue weighted by Gasteiger charge is -2.05. The summed E-state index contributed by atoms with van der Waals surface area (Å²) in [7, 11) is 0. The van der Waals surface area contributed by atoms with Crippen LogP contribution in [0.1, 0.15) is 18.4 Å². The van der Waals surface area contributed by atoms with E-state index in [1.54, 1.807) is 24.4 Å². The number of amides is 2. The molecule has 0 bridgehead atoms. The van der Waals surface area contributed by atoms with Crippen molar-refractivity contribution in [3.63, 3.8) is 0 Å². The summed E-state index contributed by atoms with van der Waals surface area (Å²) in [6.45, 7) is 0.421. The predicted octanol–water partition coefficient (Wildman–Crippen LogP) is 2.59. The third kappa shape index (κ3) is 4.20. The highest BCUT2D eigenvalue weighted by Crippen LogP contribution is 2.29. The summed E-state index contributed by atoms with van der Waals surface area (Å²) >= 11 is 0. The monoisotopic (exact) mass is 248 g/mol. The SMILES string of the molecule is O=C(N/C=C/C1CC1)NCCc1ccccc1F. The van der Waals surface area contributed by atoms with E-state index < -0.39 is 0 Å². The molecule has 4 heteroatoms. The Morgan fingerprint density at radius 3 is 2.89 bits per heavy atom. The first-order valence-electron chi connectivity index (χ1n) is 6.20. The van der Waals surface area contributed by atoms with E-state index in [-0.39, 0.29) is 11.8 Å². The summed E-state index contributed by atoms with van der Waals surface area (Å²) in [5, 5.41) is 5.32. The van der Waals surface area contributed by atoms with Crippen molar-refractivity contribution in [3.05, 3.63) is 47.9 Å². The van der Waals surface area contributed by atoms with Crippen molar-refractivity contribution in [1.82, 2.24) is 10.6 Å². The Kier molecular flexibility index (Phi) is 4.34. The van der Waals surface area contributed by atoms with E-state index in [0.29, 0.717) is 24.4 Å². The van der Waals surface area contributed by atoms with E-state index in [4.69, 9.17) is 0 Å². The molecule has 0 atom stereocenters. The van der Waals surface area contributed by atoms with E-state index in [0.717, 1.165) is 0 Å². The number of urea groups is 1. The number of halogens is 1. The molecular weight excluding hydrogens is 231 g/mol. The minimum Gasteiger partial charge on any atom is -0.338 e. The maximum absolute atomic E-state index is 13.3. The van der Waals surface area contributed by atoms with Crippen molar-refractivity contribution in [3.8, 4) is 0 Å². The van der Waals surface area contributed by atoms with Crippen LogP contribution in [0.5, 0.6) is 0 Å². The molecule has 1 fully saturated rings. The summed E-state index contributed by atoms with van der Waals surface area (Å²) < 4.78 is 13.3. The Labute approximate surface area is 106 Å². The molecular formula is C14H17FN2O. The molecule has 0 heterocycles. The molecule has 96 valence electrons. The second kappa shape index (κ2) is 6.19. The van der Waals surface area contributed by atoms with Crippen LogP contribution in [0.2, 0.25) is 0 Å². The number of carbonyl (C=O) groups is 1. The quantitative estimate of drug-likeness (QED) is 0.826. The predicted molar refractivity (Wildman–Crippen MR) is 68.5 cm³/mol. The van der Waals surface area contributed by atoms with Crippen molar-refractivity contribution in [1.29, 1.82) is 0 Å². The van der Waals surface area contributed by atoms with Crippen LogP contribution in [0.25, 0.3) is 0 Å². The van der Waals surface area contributed by atoms with E-state index in [1.807, 2.05) is 6.08 Å². The second-order valence-electron chi connectivity index (χ2n) is 4.44. The molecule has 1 saturated carbocycles. The second-order valence-corrected chi connectivity index (χ2v) is 4.44. The zero-order valence-corrected chi connectivity index (χ0v) is 10.2. The molecule has 1 aromatic rings. The highest BCUT2D eigenvalue weighted by Gasteiger charge is 2.16. The molecule has 1 aliphatic carbocycles. The van der Waals surface area contributed by atoms with Gasteiger partial charge in [-0.25, -0.2) is 9.18 Å². The molecule has 1 aliphatic rings. The largest absolute Gasteiger partial charge is 0.338 e. The van der Waals surface area contributed by atoms with Gasteiger partial charge in [0, 0.05) is 12.7 Å². The van der Waals surface area contributed by atoms with Crippen LogP contribution in [-0.2, 0) is 6.42 Å². The minimum absolute atomic E-state index is 0.228. The molecule has 0 aliphatic heterocycles. The van der Waals surface area contributed by atoms with E-state index in [1.165, 1.54) is 18.9 Å². The molecule has 3 nitrogen and oxygen atoms in total. The maximum Gasteiger partial charge on any atom is 0.318 e. The van der Waals surface area contributed by atoms with Gasteiger partial charge in [-0.2, -0.15) is 0 Å². The Morgan fingerprint density at radius 2 is 2.17 bits per heavy atom. The van der Waals surface area contributed by atoms with Gasteiger partial charge in [-0.15, -0.1) is 0 Å². The van der Waals surface area contributed by atoms with Crippen LogP contribution in [0.4, 0.5) is 9.18 Å². The standard InChI is InChI=1S/C14H17FN2O/c15-13-4-2-1-3-12(13)8-10-17-14(18)16-9-7-11-5-6-11/h1-4,7,9,11H,5-6,8,10H2,(H2,16,17,18)/b9-7+. The lowest BCUT2D eigenvalue weighted by molar-refractivity contribution is 0.244. The average Bonchev–Trinajstić information content (AvgIpc) is 3.16. The third-order valence-corrected chi connectivity index (χ3v) is 2.84. The molecule has 18 heavy (non-hydrogen) atoms. The fourth-order valence-corrected chi connectivity index (χ4v) is 1.61. The van der Waals surface area contributed by atoms with Crippen LogP contribution in [0.3, 0.4) is 0 Å². The minimum atomic E-state index is -0.247.